The summed E-state index contributed by atoms with van der Waals surface area (Å²) in [4.78, 5) is 14.6. The zero-order chi connectivity index (χ0) is 13.3. The van der Waals surface area contributed by atoms with Gasteiger partial charge in [-0.1, -0.05) is 29.3 Å². The van der Waals surface area contributed by atoms with Crippen LogP contribution in [0, 0.1) is 6.92 Å². The van der Waals surface area contributed by atoms with Gasteiger partial charge in [0.2, 0.25) is 0 Å². The van der Waals surface area contributed by atoms with Crippen LogP contribution in [0.25, 0.3) is 0 Å². The molecule has 0 aliphatic carbocycles. The van der Waals surface area contributed by atoms with Crippen molar-refractivity contribution in [3.8, 4) is 0 Å². The van der Waals surface area contributed by atoms with Crippen LogP contribution in [0.3, 0.4) is 0 Å². The van der Waals surface area contributed by atoms with E-state index in [-0.39, 0.29) is 5.69 Å². The van der Waals surface area contributed by atoms with Gasteiger partial charge in [-0.05, 0) is 18.6 Å². The van der Waals surface area contributed by atoms with Gasteiger partial charge < -0.3 is 10.4 Å². The maximum atomic E-state index is 10.7. The van der Waals surface area contributed by atoms with Gasteiger partial charge in [-0.2, -0.15) is 0 Å². The summed E-state index contributed by atoms with van der Waals surface area (Å²) in [5.41, 5.74) is 1.39. The second kappa shape index (κ2) is 5.14. The van der Waals surface area contributed by atoms with Gasteiger partial charge in [0, 0.05) is 5.38 Å². The zero-order valence-corrected chi connectivity index (χ0v) is 11.5. The van der Waals surface area contributed by atoms with E-state index in [2.05, 4.69) is 10.3 Å². The first-order valence-corrected chi connectivity index (χ1v) is 6.53. The maximum Gasteiger partial charge on any atom is 0.355 e. The van der Waals surface area contributed by atoms with Crippen molar-refractivity contribution in [1.29, 1.82) is 0 Å². The summed E-state index contributed by atoms with van der Waals surface area (Å²) in [6.45, 7) is 1.86. The van der Waals surface area contributed by atoms with E-state index >= 15 is 0 Å². The Hall–Kier alpha value is -1.30. The summed E-state index contributed by atoms with van der Waals surface area (Å²) < 4.78 is 0. The highest BCUT2D eigenvalue weighted by molar-refractivity contribution is 7.14. The predicted molar refractivity (Wildman–Crippen MR) is 73.6 cm³/mol. The van der Waals surface area contributed by atoms with Crippen LogP contribution in [0.15, 0.2) is 17.5 Å². The average molecular weight is 303 g/mol. The number of benzene rings is 1. The molecule has 18 heavy (non-hydrogen) atoms. The molecule has 0 aliphatic rings. The minimum atomic E-state index is -1.07. The minimum Gasteiger partial charge on any atom is -0.476 e. The highest BCUT2D eigenvalue weighted by Gasteiger charge is 2.12. The number of carbonyl (C=O) groups is 1. The number of thiazole rings is 1. The summed E-state index contributed by atoms with van der Waals surface area (Å²) >= 11 is 13.3. The Labute approximate surface area is 117 Å². The lowest BCUT2D eigenvalue weighted by atomic mass is 10.2. The second-order valence-electron chi connectivity index (χ2n) is 3.52. The van der Waals surface area contributed by atoms with Crippen LogP contribution in [0.1, 0.15) is 16.1 Å². The third-order valence-electron chi connectivity index (χ3n) is 2.24. The number of aryl methyl sites for hydroxylation is 1. The number of hydrogen-bond donors (Lipinski definition) is 2. The van der Waals surface area contributed by atoms with Crippen LogP contribution in [0.2, 0.25) is 10.0 Å². The van der Waals surface area contributed by atoms with Crippen molar-refractivity contribution >= 4 is 51.3 Å². The molecule has 7 heteroatoms. The summed E-state index contributed by atoms with van der Waals surface area (Å²) in [5, 5.41) is 14.5. The zero-order valence-electron chi connectivity index (χ0n) is 9.20. The largest absolute Gasteiger partial charge is 0.476 e. The number of carboxylic acids is 1. The van der Waals surface area contributed by atoms with Gasteiger partial charge in [-0.15, -0.1) is 11.3 Å². The Bertz CT molecular complexity index is 613. The van der Waals surface area contributed by atoms with Crippen LogP contribution in [-0.2, 0) is 0 Å². The van der Waals surface area contributed by atoms with Gasteiger partial charge in [0.1, 0.15) is 0 Å². The Morgan fingerprint density at radius 3 is 2.78 bits per heavy atom. The van der Waals surface area contributed by atoms with Crippen molar-refractivity contribution < 1.29 is 9.90 Å². The van der Waals surface area contributed by atoms with E-state index < -0.39 is 5.97 Å². The second-order valence-corrected chi connectivity index (χ2v) is 5.16. The fourth-order valence-corrected chi connectivity index (χ4v) is 2.46. The summed E-state index contributed by atoms with van der Waals surface area (Å²) in [6.07, 6.45) is 0. The Balaban J connectivity index is 2.33. The summed E-state index contributed by atoms with van der Waals surface area (Å²) in [7, 11) is 0. The number of aromatic nitrogens is 1. The lowest BCUT2D eigenvalue weighted by molar-refractivity contribution is 0.0691. The first-order valence-electron chi connectivity index (χ1n) is 4.89. The van der Waals surface area contributed by atoms with Crippen LogP contribution in [0.4, 0.5) is 10.8 Å². The SMILES string of the molecule is Cc1ccc(Cl)c(Nc2nc(C(=O)O)cs2)c1Cl. The van der Waals surface area contributed by atoms with Gasteiger partial charge in [-0.3, -0.25) is 0 Å². The molecule has 1 heterocycles. The van der Waals surface area contributed by atoms with E-state index in [4.69, 9.17) is 28.3 Å². The molecule has 0 saturated heterocycles. The first-order chi connectivity index (χ1) is 8.49. The number of hydrogen-bond acceptors (Lipinski definition) is 4. The molecule has 2 rings (SSSR count). The fourth-order valence-electron chi connectivity index (χ4n) is 1.31. The van der Waals surface area contributed by atoms with Gasteiger partial charge >= 0.3 is 5.97 Å². The van der Waals surface area contributed by atoms with Crippen molar-refractivity contribution in [2.24, 2.45) is 0 Å². The van der Waals surface area contributed by atoms with Gasteiger partial charge in [0.15, 0.2) is 10.8 Å². The highest BCUT2D eigenvalue weighted by Crippen LogP contribution is 2.35. The number of anilines is 2. The normalized spacial score (nSPS) is 10.4. The van der Waals surface area contributed by atoms with Crippen molar-refractivity contribution in [2.75, 3.05) is 5.32 Å². The maximum absolute atomic E-state index is 10.7. The predicted octanol–water partition coefficient (Wildman–Crippen LogP) is 4.20. The van der Waals surface area contributed by atoms with E-state index in [0.717, 1.165) is 5.56 Å². The molecule has 1 aromatic heterocycles. The van der Waals surface area contributed by atoms with E-state index in [9.17, 15) is 4.79 Å². The van der Waals surface area contributed by atoms with Crippen molar-refractivity contribution in [1.82, 2.24) is 4.98 Å². The lowest BCUT2D eigenvalue weighted by Gasteiger charge is -2.09. The number of aromatic carboxylic acids is 1. The van der Waals surface area contributed by atoms with E-state index in [1.54, 1.807) is 12.1 Å². The minimum absolute atomic E-state index is 0.0117. The molecule has 1 aromatic carbocycles. The highest BCUT2D eigenvalue weighted by atomic mass is 35.5. The van der Waals surface area contributed by atoms with Crippen LogP contribution < -0.4 is 5.32 Å². The number of halogens is 2. The molecule has 2 N–H and O–H groups in total. The molecule has 0 amide bonds. The monoisotopic (exact) mass is 302 g/mol. The Kier molecular flexibility index (Phi) is 3.75. The molecular formula is C11H8Cl2N2O2S. The van der Waals surface area contributed by atoms with Gasteiger partial charge in [-0.25, -0.2) is 9.78 Å². The molecule has 0 atom stereocenters. The van der Waals surface area contributed by atoms with Crippen LogP contribution in [0.5, 0.6) is 0 Å². The molecular weight excluding hydrogens is 295 g/mol. The number of rotatable bonds is 3. The summed E-state index contributed by atoms with van der Waals surface area (Å²) in [5.74, 6) is -1.07. The molecule has 0 fully saturated rings. The molecule has 0 unspecified atom stereocenters. The third-order valence-corrected chi connectivity index (χ3v) is 3.80. The van der Waals surface area contributed by atoms with E-state index in [1.165, 1.54) is 16.7 Å². The van der Waals surface area contributed by atoms with E-state index in [0.29, 0.717) is 20.9 Å². The van der Waals surface area contributed by atoms with Gasteiger partial charge in [0.05, 0.1) is 15.7 Å². The Morgan fingerprint density at radius 2 is 2.17 bits per heavy atom. The molecule has 0 radical (unpaired) electrons. The lowest BCUT2D eigenvalue weighted by Crippen LogP contribution is -1.98. The average Bonchev–Trinajstić information content (AvgIpc) is 2.78. The molecule has 0 spiro atoms. The quantitative estimate of drug-likeness (QED) is 0.892. The van der Waals surface area contributed by atoms with Crippen LogP contribution in [-0.4, -0.2) is 16.1 Å². The molecule has 2 aromatic rings. The smallest absolute Gasteiger partial charge is 0.355 e. The van der Waals surface area contributed by atoms with Gasteiger partial charge in [0.25, 0.3) is 0 Å². The number of nitrogens with one attached hydrogen (secondary N) is 1. The van der Waals surface area contributed by atoms with Crippen molar-refractivity contribution in [2.45, 2.75) is 6.92 Å². The van der Waals surface area contributed by atoms with Crippen molar-refractivity contribution in [3.05, 3.63) is 38.8 Å². The molecule has 0 aliphatic heterocycles. The summed E-state index contributed by atoms with van der Waals surface area (Å²) in [6, 6.07) is 3.52. The third kappa shape index (κ3) is 2.58. The molecule has 94 valence electrons. The Morgan fingerprint density at radius 1 is 1.44 bits per heavy atom. The van der Waals surface area contributed by atoms with Crippen LogP contribution >= 0.6 is 34.5 Å². The van der Waals surface area contributed by atoms with E-state index in [1.807, 2.05) is 6.92 Å². The standard InChI is InChI=1S/C11H8Cl2N2O2S/c1-5-2-3-6(12)9(8(5)13)15-11-14-7(4-18-11)10(16)17/h2-4H,1H3,(H,14,15)(H,16,17). The number of carboxylic acid groups (broad SMARTS) is 1. The molecule has 4 nitrogen and oxygen atoms in total. The molecule has 0 bridgehead atoms. The number of nitrogens with zero attached hydrogens (tertiary/aromatic N) is 1. The first kappa shape index (κ1) is 13.1. The fraction of sp³-hybridized carbons (Fsp3) is 0.0909. The van der Waals surface area contributed by atoms with Crippen molar-refractivity contribution in [3.63, 3.8) is 0 Å². The topological polar surface area (TPSA) is 62.2 Å². The molecule has 0 saturated carbocycles.